The summed E-state index contributed by atoms with van der Waals surface area (Å²) in [5, 5.41) is 8.91. The topological polar surface area (TPSA) is 20.2 Å². The van der Waals surface area contributed by atoms with E-state index in [9.17, 15) is 0 Å². The van der Waals surface area contributed by atoms with E-state index in [1.807, 2.05) is 57.8 Å². The summed E-state index contributed by atoms with van der Waals surface area (Å²) in [5.74, 6) is 0.991. The number of rotatable bonds is 1. The van der Waals surface area contributed by atoms with Gasteiger partial charge in [-0.2, -0.15) is 0 Å². The molecule has 1 nitrogen and oxygen atoms in total. The Morgan fingerprint density at radius 2 is 1.21 bits per heavy atom. The summed E-state index contributed by atoms with van der Waals surface area (Å²) in [4.78, 5) is 0. The van der Waals surface area contributed by atoms with Crippen molar-refractivity contribution in [2.45, 2.75) is 13.0 Å². The Kier molecular flexibility index (Phi) is 9.06. The van der Waals surface area contributed by atoms with Crippen LogP contribution in [0.3, 0.4) is 0 Å². The molecule has 1 atom stereocenters. The fourth-order valence-electron chi connectivity index (χ4n) is 0.988. The molecule has 0 spiro atoms. The van der Waals surface area contributed by atoms with Crippen LogP contribution in [-0.4, -0.2) is 11.2 Å². The van der Waals surface area contributed by atoms with Crippen molar-refractivity contribution in [3.05, 3.63) is 63.7 Å². The summed E-state index contributed by atoms with van der Waals surface area (Å²) in [6.45, 7) is 1.76. The van der Waals surface area contributed by atoms with Gasteiger partial charge in [-0.3, -0.25) is 0 Å². The summed E-state index contributed by atoms with van der Waals surface area (Å²) in [7, 11) is 0. The van der Waals surface area contributed by atoms with E-state index in [1.54, 1.807) is 6.92 Å². The minimum absolute atomic E-state index is 0. The maximum absolute atomic E-state index is 8.91. The summed E-state index contributed by atoms with van der Waals surface area (Å²) in [6, 6.07) is 0. The molecule has 1 N–H and O–H groups in total. The second-order valence-electron chi connectivity index (χ2n) is 2.86. The molecule has 0 aromatic heterocycles. The molecule has 2 rings (SSSR count). The molecular formula is C12H14FeO+2. The second-order valence-corrected chi connectivity index (χ2v) is 2.86. The molecule has 2 aliphatic carbocycles. The molecule has 0 heterocycles. The van der Waals surface area contributed by atoms with Crippen LogP contribution in [0.2, 0.25) is 0 Å². The number of hydrogen-bond donors (Lipinski definition) is 1. The molecule has 14 heavy (non-hydrogen) atoms. The van der Waals surface area contributed by atoms with E-state index in [2.05, 4.69) is 0 Å². The Morgan fingerprint density at radius 3 is 1.43 bits per heavy atom. The van der Waals surface area contributed by atoms with Crippen LogP contribution in [-0.2, 0) is 17.1 Å². The third kappa shape index (κ3) is 6.06. The normalized spacial score (nSPS) is 23.6. The van der Waals surface area contributed by atoms with Gasteiger partial charge in [0.25, 0.3) is 0 Å². The van der Waals surface area contributed by atoms with Crippen LogP contribution in [0, 0.1) is 63.7 Å². The maximum atomic E-state index is 8.91. The van der Waals surface area contributed by atoms with Gasteiger partial charge >= 0.3 is 17.1 Å². The number of aliphatic hydroxyl groups is 1. The molecule has 0 bridgehead atoms. The SMILES string of the molecule is CC(O)[C]1[CH][CH][CH][CH]1.[CH]1[CH][CH][CH][CH]1.[Fe+2]. The van der Waals surface area contributed by atoms with Crippen LogP contribution in [0.15, 0.2) is 0 Å². The summed E-state index contributed by atoms with van der Waals surface area (Å²) in [5.41, 5.74) is 0. The predicted octanol–water partition coefficient (Wildman–Crippen LogP) is 1.79. The molecule has 0 amide bonds. The van der Waals surface area contributed by atoms with Crippen LogP contribution in [0.4, 0.5) is 0 Å². The Labute approximate surface area is 99.1 Å². The average Bonchev–Trinajstić information content (AvgIpc) is 2.82. The van der Waals surface area contributed by atoms with E-state index >= 15 is 0 Å². The molecular weight excluding hydrogens is 216 g/mol. The zero-order chi connectivity index (χ0) is 9.52. The Morgan fingerprint density at radius 1 is 0.857 bits per heavy atom. The quantitative estimate of drug-likeness (QED) is 0.681. The first-order chi connectivity index (χ1) is 6.30. The van der Waals surface area contributed by atoms with Gasteiger partial charge in [-0.1, -0.05) is 0 Å². The van der Waals surface area contributed by atoms with Gasteiger partial charge in [-0.05, 0) is 64.7 Å². The van der Waals surface area contributed by atoms with E-state index in [-0.39, 0.29) is 23.2 Å². The molecule has 2 aliphatic rings. The fourth-order valence-corrected chi connectivity index (χ4v) is 0.988. The summed E-state index contributed by atoms with van der Waals surface area (Å²) in [6.07, 6.45) is 17.3. The van der Waals surface area contributed by atoms with Crippen LogP contribution in [0.25, 0.3) is 0 Å². The van der Waals surface area contributed by atoms with Crippen molar-refractivity contribution in [2.24, 2.45) is 0 Å². The van der Waals surface area contributed by atoms with Crippen molar-refractivity contribution in [1.29, 1.82) is 0 Å². The van der Waals surface area contributed by atoms with E-state index in [1.165, 1.54) is 0 Å². The van der Waals surface area contributed by atoms with E-state index in [4.69, 9.17) is 5.11 Å². The maximum Gasteiger partial charge on any atom is 2.00 e. The van der Waals surface area contributed by atoms with Crippen molar-refractivity contribution < 1.29 is 22.2 Å². The first-order valence-corrected chi connectivity index (χ1v) is 4.37. The van der Waals surface area contributed by atoms with Crippen molar-refractivity contribution in [1.82, 2.24) is 0 Å². The van der Waals surface area contributed by atoms with Crippen molar-refractivity contribution in [3.63, 3.8) is 0 Å². The first kappa shape index (κ1) is 14.5. The predicted molar refractivity (Wildman–Crippen MR) is 53.6 cm³/mol. The molecule has 0 saturated heterocycles. The van der Waals surface area contributed by atoms with Crippen molar-refractivity contribution >= 4 is 0 Å². The molecule has 0 aromatic carbocycles. The summed E-state index contributed by atoms with van der Waals surface area (Å²) >= 11 is 0. The second kappa shape index (κ2) is 8.76. The Balaban J connectivity index is 0.000000246. The van der Waals surface area contributed by atoms with Crippen LogP contribution in [0.1, 0.15) is 6.92 Å². The van der Waals surface area contributed by atoms with E-state index in [0.717, 1.165) is 5.92 Å². The largest absolute Gasteiger partial charge is 2.00 e. The third-order valence-electron chi connectivity index (χ3n) is 1.73. The molecule has 2 saturated carbocycles. The van der Waals surface area contributed by atoms with Gasteiger partial charge in [-0.15, -0.1) is 0 Å². The Hall–Kier alpha value is 0.479. The van der Waals surface area contributed by atoms with Crippen LogP contribution in [0.5, 0.6) is 0 Å². The molecule has 0 aliphatic heterocycles. The monoisotopic (exact) mass is 230 g/mol. The third-order valence-corrected chi connectivity index (χ3v) is 1.73. The molecule has 2 fully saturated rings. The molecule has 10 radical (unpaired) electrons. The standard InChI is InChI=1S/C7H9O.C5H5.Fe/c1-6(8)7-4-2-3-5-7;1-2-4-5-3-1;/h2-6,8H,1H3;1-5H;/q;;+2. The van der Waals surface area contributed by atoms with Gasteiger partial charge < -0.3 is 5.11 Å². The van der Waals surface area contributed by atoms with Gasteiger partial charge in [0.15, 0.2) is 0 Å². The van der Waals surface area contributed by atoms with Crippen molar-refractivity contribution in [2.75, 3.05) is 0 Å². The molecule has 74 valence electrons. The van der Waals surface area contributed by atoms with Gasteiger partial charge in [-0.25, -0.2) is 0 Å². The minimum atomic E-state index is -0.315. The average molecular weight is 230 g/mol. The van der Waals surface area contributed by atoms with E-state index in [0.29, 0.717) is 0 Å². The number of aliphatic hydroxyl groups excluding tert-OH is 1. The van der Waals surface area contributed by atoms with E-state index < -0.39 is 0 Å². The van der Waals surface area contributed by atoms with Gasteiger partial charge in [0, 0.05) is 5.92 Å². The molecule has 2 heteroatoms. The van der Waals surface area contributed by atoms with Gasteiger partial charge in [0.05, 0.1) is 6.10 Å². The number of hydrogen-bond acceptors (Lipinski definition) is 1. The first-order valence-electron chi connectivity index (χ1n) is 4.37. The van der Waals surface area contributed by atoms with Crippen LogP contribution >= 0.6 is 0 Å². The van der Waals surface area contributed by atoms with Crippen molar-refractivity contribution in [3.8, 4) is 0 Å². The van der Waals surface area contributed by atoms with Crippen LogP contribution < -0.4 is 0 Å². The van der Waals surface area contributed by atoms with Gasteiger partial charge in [0.2, 0.25) is 0 Å². The van der Waals surface area contributed by atoms with Gasteiger partial charge in [0.1, 0.15) is 0 Å². The minimum Gasteiger partial charge on any atom is -0.393 e. The molecule has 1 unspecified atom stereocenters. The fraction of sp³-hybridized carbons (Fsp3) is 0.167. The zero-order valence-corrected chi connectivity index (χ0v) is 9.18. The smallest absolute Gasteiger partial charge is 0.393 e. The summed E-state index contributed by atoms with van der Waals surface area (Å²) < 4.78 is 0. The molecule has 0 aromatic rings. The Bertz CT molecular complexity index is 108. The zero-order valence-electron chi connectivity index (χ0n) is 8.07.